The highest BCUT2D eigenvalue weighted by Gasteiger charge is 2.21. The van der Waals surface area contributed by atoms with Crippen molar-refractivity contribution in [3.8, 4) is 0 Å². The van der Waals surface area contributed by atoms with E-state index in [0.717, 1.165) is 30.1 Å². The van der Waals surface area contributed by atoms with E-state index in [9.17, 15) is 5.11 Å². The van der Waals surface area contributed by atoms with E-state index in [-0.39, 0.29) is 6.10 Å². The van der Waals surface area contributed by atoms with E-state index in [1.54, 1.807) is 0 Å². The van der Waals surface area contributed by atoms with Crippen LogP contribution in [0.15, 0.2) is 60.7 Å². The quantitative estimate of drug-likeness (QED) is 0.831. The van der Waals surface area contributed by atoms with Crippen LogP contribution in [0.2, 0.25) is 0 Å². The summed E-state index contributed by atoms with van der Waals surface area (Å²) in [6.07, 6.45) is 1.93. The smallest absolute Gasteiger partial charge is 0.108 e. The van der Waals surface area contributed by atoms with Gasteiger partial charge < -0.3 is 14.7 Å². The third kappa shape index (κ3) is 5.40. The fourth-order valence-electron chi connectivity index (χ4n) is 3.65. The third-order valence-corrected chi connectivity index (χ3v) is 4.87. The summed E-state index contributed by atoms with van der Waals surface area (Å²) >= 11 is 0. The van der Waals surface area contributed by atoms with Crippen molar-refractivity contribution in [3.05, 3.63) is 71.8 Å². The summed E-state index contributed by atoms with van der Waals surface area (Å²) in [6, 6.07) is 20.5. The van der Waals surface area contributed by atoms with Gasteiger partial charge in [0.15, 0.2) is 0 Å². The highest BCUT2D eigenvalue weighted by atomic mass is 16.5. The molecule has 3 nitrogen and oxygen atoms in total. The molecule has 2 aromatic rings. The van der Waals surface area contributed by atoms with E-state index in [1.165, 1.54) is 12.8 Å². The molecule has 1 fully saturated rings. The molecule has 0 amide bonds. The molecule has 3 rings (SSSR count). The normalized spacial score (nSPS) is 19.9. The summed E-state index contributed by atoms with van der Waals surface area (Å²) in [5.74, 6) is 0.725. The number of ether oxygens (including phenoxy) is 1. The lowest BCUT2D eigenvalue weighted by Crippen LogP contribution is -2.41. The lowest BCUT2D eigenvalue weighted by molar-refractivity contribution is -0.0129. The van der Waals surface area contributed by atoms with Gasteiger partial charge in [-0.25, -0.2) is 0 Å². The number of aliphatic hydroxyl groups excluding tert-OH is 1. The Hall–Kier alpha value is -1.68. The van der Waals surface area contributed by atoms with Crippen molar-refractivity contribution in [1.82, 2.24) is 4.90 Å². The third-order valence-electron chi connectivity index (χ3n) is 4.87. The highest BCUT2D eigenvalue weighted by Crippen LogP contribution is 2.26. The number of nitrogens with zero attached hydrogens (tertiary/aromatic N) is 1. The molecule has 0 spiro atoms. The second-order valence-electron chi connectivity index (χ2n) is 7.20. The number of likely N-dealkylation sites (tertiary alicyclic amines) is 1. The number of β-amino-alcohol motifs (C(OH)–C–C–N with tert-alkyl or cyclic N) is 1. The first kappa shape index (κ1) is 18.1. The molecular formula is C22H29NO2. The van der Waals surface area contributed by atoms with Crippen molar-refractivity contribution < 1.29 is 9.84 Å². The monoisotopic (exact) mass is 339 g/mol. The molecule has 1 aliphatic heterocycles. The molecule has 1 N–H and O–H groups in total. The van der Waals surface area contributed by atoms with Gasteiger partial charge in [0.2, 0.25) is 0 Å². The second kappa shape index (κ2) is 9.14. The van der Waals surface area contributed by atoms with Gasteiger partial charge in [-0.2, -0.15) is 0 Å². The summed E-state index contributed by atoms with van der Waals surface area (Å²) in [4.78, 5) is 2.36. The van der Waals surface area contributed by atoms with Crippen LogP contribution in [0.3, 0.4) is 0 Å². The number of rotatable bonds is 7. The molecular weight excluding hydrogens is 310 g/mol. The van der Waals surface area contributed by atoms with E-state index in [1.807, 2.05) is 36.4 Å². The summed E-state index contributed by atoms with van der Waals surface area (Å²) in [5.41, 5.74) is 2.24. The van der Waals surface area contributed by atoms with Gasteiger partial charge in [0.25, 0.3) is 0 Å². The Kier molecular flexibility index (Phi) is 6.62. The van der Waals surface area contributed by atoms with Gasteiger partial charge in [0.1, 0.15) is 6.10 Å². The lowest BCUT2D eigenvalue weighted by Gasteiger charge is -2.32. The minimum atomic E-state index is -0.458. The van der Waals surface area contributed by atoms with E-state index < -0.39 is 6.10 Å². The molecule has 2 aromatic carbocycles. The van der Waals surface area contributed by atoms with E-state index in [0.29, 0.717) is 13.2 Å². The molecule has 1 aliphatic rings. The fourth-order valence-corrected chi connectivity index (χ4v) is 3.65. The molecule has 1 heterocycles. The fraction of sp³-hybridized carbons (Fsp3) is 0.455. The number of benzene rings is 2. The lowest BCUT2D eigenvalue weighted by atomic mass is 10.00. The Morgan fingerprint density at radius 3 is 2.20 bits per heavy atom. The average Bonchev–Trinajstić information content (AvgIpc) is 2.64. The zero-order valence-electron chi connectivity index (χ0n) is 15.1. The Morgan fingerprint density at radius 2 is 1.64 bits per heavy atom. The van der Waals surface area contributed by atoms with Crippen LogP contribution in [-0.4, -0.2) is 42.4 Å². The Labute approximate surface area is 151 Å². The molecule has 0 aromatic heterocycles. The van der Waals surface area contributed by atoms with Gasteiger partial charge in [0.05, 0.1) is 12.7 Å². The van der Waals surface area contributed by atoms with Crippen LogP contribution < -0.4 is 0 Å². The Balaban J connectivity index is 1.61. The molecule has 134 valence electrons. The maximum absolute atomic E-state index is 10.5. The first-order valence-corrected chi connectivity index (χ1v) is 9.34. The molecule has 0 saturated carbocycles. The van der Waals surface area contributed by atoms with Crippen molar-refractivity contribution in [2.75, 3.05) is 26.2 Å². The van der Waals surface area contributed by atoms with Crippen LogP contribution in [0.5, 0.6) is 0 Å². The minimum absolute atomic E-state index is 0.141. The van der Waals surface area contributed by atoms with Crippen LogP contribution in [0.1, 0.15) is 37.0 Å². The molecule has 2 atom stereocenters. The van der Waals surface area contributed by atoms with Gasteiger partial charge in [-0.1, -0.05) is 67.6 Å². The SMILES string of the molecule is C[C@H]1CCCN(C[C@H](O)COC(c2ccccc2)c2ccccc2)C1. The van der Waals surface area contributed by atoms with Crippen LogP contribution in [0.4, 0.5) is 0 Å². The zero-order valence-corrected chi connectivity index (χ0v) is 15.1. The van der Waals surface area contributed by atoms with Crippen LogP contribution in [-0.2, 0) is 4.74 Å². The number of piperidine rings is 1. The van der Waals surface area contributed by atoms with E-state index >= 15 is 0 Å². The van der Waals surface area contributed by atoms with Crippen LogP contribution >= 0.6 is 0 Å². The summed E-state index contributed by atoms with van der Waals surface area (Å²) < 4.78 is 6.17. The van der Waals surface area contributed by atoms with Gasteiger partial charge in [-0.15, -0.1) is 0 Å². The molecule has 25 heavy (non-hydrogen) atoms. The highest BCUT2D eigenvalue weighted by molar-refractivity contribution is 5.29. The zero-order chi connectivity index (χ0) is 17.5. The average molecular weight is 339 g/mol. The second-order valence-corrected chi connectivity index (χ2v) is 7.20. The Bertz CT molecular complexity index is 577. The summed E-state index contributed by atoms with van der Waals surface area (Å²) in [6.45, 7) is 5.50. The summed E-state index contributed by atoms with van der Waals surface area (Å²) in [7, 11) is 0. The summed E-state index contributed by atoms with van der Waals surface area (Å²) in [5, 5.41) is 10.5. The Morgan fingerprint density at radius 1 is 1.04 bits per heavy atom. The predicted molar refractivity (Wildman–Crippen MR) is 102 cm³/mol. The van der Waals surface area contributed by atoms with Gasteiger partial charge in [-0.05, 0) is 36.4 Å². The molecule has 0 aliphatic carbocycles. The van der Waals surface area contributed by atoms with Crippen molar-refractivity contribution in [2.45, 2.75) is 32.0 Å². The first-order valence-electron chi connectivity index (χ1n) is 9.34. The largest absolute Gasteiger partial charge is 0.389 e. The first-order chi connectivity index (χ1) is 12.2. The van der Waals surface area contributed by atoms with Gasteiger partial charge >= 0.3 is 0 Å². The number of hydrogen-bond acceptors (Lipinski definition) is 3. The number of hydrogen-bond donors (Lipinski definition) is 1. The molecule has 0 radical (unpaired) electrons. The van der Waals surface area contributed by atoms with Crippen LogP contribution in [0.25, 0.3) is 0 Å². The molecule has 1 saturated heterocycles. The predicted octanol–water partition coefficient (Wildman–Crippen LogP) is 3.89. The van der Waals surface area contributed by atoms with Crippen molar-refractivity contribution in [2.24, 2.45) is 5.92 Å². The van der Waals surface area contributed by atoms with Crippen molar-refractivity contribution >= 4 is 0 Å². The topological polar surface area (TPSA) is 32.7 Å². The van der Waals surface area contributed by atoms with Crippen molar-refractivity contribution in [1.29, 1.82) is 0 Å². The molecule has 0 unspecified atom stereocenters. The maximum atomic E-state index is 10.5. The van der Waals surface area contributed by atoms with E-state index in [2.05, 4.69) is 36.1 Å². The molecule has 0 bridgehead atoms. The maximum Gasteiger partial charge on any atom is 0.108 e. The van der Waals surface area contributed by atoms with Crippen molar-refractivity contribution in [3.63, 3.8) is 0 Å². The van der Waals surface area contributed by atoms with Gasteiger partial charge in [0, 0.05) is 13.1 Å². The molecule has 3 heteroatoms. The minimum Gasteiger partial charge on any atom is -0.389 e. The van der Waals surface area contributed by atoms with Gasteiger partial charge in [-0.3, -0.25) is 0 Å². The van der Waals surface area contributed by atoms with E-state index in [4.69, 9.17) is 4.74 Å². The number of aliphatic hydroxyl groups is 1. The standard InChI is InChI=1S/C22H29NO2/c1-18-9-8-14-23(15-18)16-21(24)17-25-22(19-10-4-2-5-11-19)20-12-6-3-7-13-20/h2-7,10-13,18,21-22,24H,8-9,14-17H2,1H3/t18-,21-/m0/s1. The van der Waals surface area contributed by atoms with Crippen LogP contribution in [0, 0.1) is 5.92 Å².